The predicted octanol–water partition coefficient (Wildman–Crippen LogP) is 0.549. The van der Waals surface area contributed by atoms with Gasteiger partial charge in [0.15, 0.2) is 11.9 Å². The normalized spacial score (nSPS) is 22.2. The van der Waals surface area contributed by atoms with Crippen molar-refractivity contribution < 1.29 is 9.53 Å². The van der Waals surface area contributed by atoms with Crippen LogP contribution in [-0.2, 0) is 16.8 Å². The summed E-state index contributed by atoms with van der Waals surface area (Å²) in [5.74, 6) is 1.25. The van der Waals surface area contributed by atoms with Gasteiger partial charge < -0.3 is 15.0 Å². The van der Waals surface area contributed by atoms with E-state index in [2.05, 4.69) is 37.9 Å². The van der Waals surface area contributed by atoms with Crippen LogP contribution < -0.4 is 10.1 Å². The number of aryl methyl sites for hydroxylation is 1. The van der Waals surface area contributed by atoms with E-state index in [0.717, 1.165) is 42.8 Å². The zero-order chi connectivity index (χ0) is 17.4. The van der Waals surface area contributed by atoms with Gasteiger partial charge in [-0.05, 0) is 37.9 Å². The van der Waals surface area contributed by atoms with Gasteiger partial charge in [0.25, 0.3) is 5.91 Å². The second kappa shape index (κ2) is 6.11. The number of nitrogens with one attached hydrogen (secondary N) is 2. The maximum Gasteiger partial charge on any atom is 0.262 e. The van der Waals surface area contributed by atoms with Crippen molar-refractivity contribution >= 4 is 5.91 Å². The fourth-order valence-corrected chi connectivity index (χ4v) is 3.66. The van der Waals surface area contributed by atoms with Crippen molar-refractivity contribution in [2.24, 2.45) is 0 Å². The molecule has 0 saturated carbocycles. The molecule has 8 nitrogen and oxygen atoms in total. The molecule has 0 bridgehead atoms. The van der Waals surface area contributed by atoms with Crippen LogP contribution >= 0.6 is 0 Å². The molecule has 0 radical (unpaired) electrons. The van der Waals surface area contributed by atoms with Crippen LogP contribution in [0.5, 0.6) is 5.75 Å². The Bertz CT molecular complexity index is 767. The Morgan fingerprint density at radius 3 is 2.88 bits per heavy atom. The van der Waals surface area contributed by atoms with Crippen LogP contribution in [0.15, 0.2) is 18.2 Å². The topological polar surface area (TPSA) is 96.0 Å². The largest absolute Gasteiger partial charge is 0.480 e. The van der Waals surface area contributed by atoms with Gasteiger partial charge in [-0.1, -0.05) is 23.4 Å². The van der Waals surface area contributed by atoms with E-state index in [-0.39, 0.29) is 5.91 Å². The van der Waals surface area contributed by atoms with Gasteiger partial charge in [0.2, 0.25) is 0 Å². The van der Waals surface area contributed by atoms with Crippen LogP contribution in [0.1, 0.15) is 29.8 Å². The molecule has 25 heavy (non-hydrogen) atoms. The predicted molar refractivity (Wildman–Crippen MR) is 90.0 cm³/mol. The summed E-state index contributed by atoms with van der Waals surface area (Å²) >= 11 is 0. The molecule has 0 aliphatic carbocycles. The Kier molecular flexibility index (Phi) is 3.91. The third-order valence-electron chi connectivity index (χ3n) is 5.23. The van der Waals surface area contributed by atoms with E-state index in [1.54, 1.807) is 0 Å². The third-order valence-corrected chi connectivity index (χ3v) is 5.23. The highest BCUT2D eigenvalue weighted by Crippen LogP contribution is 2.34. The molecule has 2 N–H and O–H groups in total. The van der Waals surface area contributed by atoms with Crippen molar-refractivity contribution in [3.63, 3.8) is 0 Å². The quantitative estimate of drug-likeness (QED) is 0.846. The lowest BCUT2D eigenvalue weighted by Gasteiger charge is -2.39. The summed E-state index contributed by atoms with van der Waals surface area (Å²) in [5.41, 5.74) is 1.54. The summed E-state index contributed by atoms with van der Waals surface area (Å²) in [5, 5.41) is 17.7. The number of aromatic nitrogens is 4. The van der Waals surface area contributed by atoms with Crippen molar-refractivity contribution in [3.8, 4) is 5.75 Å². The summed E-state index contributed by atoms with van der Waals surface area (Å²) in [6.45, 7) is 3.72. The Morgan fingerprint density at radius 1 is 1.40 bits per heavy atom. The minimum absolute atomic E-state index is 0.120. The highest BCUT2D eigenvalue weighted by Gasteiger charge is 2.43. The molecular formula is C17H22N6O2. The zero-order valence-electron chi connectivity index (χ0n) is 14.5. The molecule has 2 aromatic rings. The van der Waals surface area contributed by atoms with Crippen LogP contribution in [0.3, 0.4) is 0 Å². The molecule has 1 amide bonds. The SMILES string of the molecule is Cc1cccc2c1OC(C(=O)NC1(c3nn[nH]n3)CCN(C)CC1)C2. The van der Waals surface area contributed by atoms with Gasteiger partial charge in [0.1, 0.15) is 11.3 Å². The molecule has 1 fully saturated rings. The van der Waals surface area contributed by atoms with Gasteiger partial charge in [-0.3, -0.25) is 4.79 Å². The second-order valence-electron chi connectivity index (χ2n) is 6.98. The van der Waals surface area contributed by atoms with E-state index in [0.29, 0.717) is 12.2 Å². The third kappa shape index (κ3) is 2.86. The molecule has 1 aromatic carbocycles. The summed E-state index contributed by atoms with van der Waals surface area (Å²) in [7, 11) is 2.07. The smallest absolute Gasteiger partial charge is 0.262 e. The lowest BCUT2D eigenvalue weighted by atomic mass is 9.86. The average Bonchev–Trinajstić information content (AvgIpc) is 3.27. The molecule has 2 aliphatic heterocycles. The monoisotopic (exact) mass is 342 g/mol. The number of piperidine rings is 1. The van der Waals surface area contributed by atoms with Crippen LogP contribution in [-0.4, -0.2) is 57.7 Å². The first-order valence-electron chi connectivity index (χ1n) is 8.57. The van der Waals surface area contributed by atoms with Crippen molar-refractivity contribution in [3.05, 3.63) is 35.2 Å². The zero-order valence-corrected chi connectivity index (χ0v) is 14.5. The molecule has 132 valence electrons. The minimum atomic E-state index is -0.593. The number of amides is 1. The number of likely N-dealkylation sites (tertiary alicyclic amines) is 1. The van der Waals surface area contributed by atoms with E-state index in [9.17, 15) is 4.79 Å². The number of hydrogen-bond donors (Lipinski definition) is 2. The van der Waals surface area contributed by atoms with Gasteiger partial charge in [0, 0.05) is 19.5 Å². The number of H-pyrrole nitrogens is 1. The molecule has 3 heterocycles. The van der Waals surface area contributed by atoms with Crippen molar-refractivity contribution in [1.82, 2.24) is 30.8 Å². The number of fused-ring (bicyclic) bond motifs is 1. The number of aromatic amines is 1. The maximum absolute atomic E-state index is 12.9. The molecule has 1 unspecified atom stereocenters. The number of carbonyl (C=O) groups is 1. The molecule has 0 spiro atoms. The van der Waals surface area contributed by atoms with E-state index < -0.39 is 11.6 Å². The molecule has 1 saturated heterocycles. The van der Waals surface area contributed by atoms with E-state index in [1.165, 1.54) is 0 Å². The highest BCUT2D eigenvalue weighted by molar-refractivity contribution is 5.83. The van der Waals surface area contributed by atoms with Crippen molar-refractivity contribution in [2.75, 3.05) is 20.1 Å². The van der Waals surface area contributed by atoms with Gasteiger partial charge in [-0.15, -0.1) is 10.2 Å². The number of para-hydroxylation sites is 1. The molecule has 4 rings (SSSR count). The van der Waals surface area contributed by atoms with Gasteiger partial charge in [0.05, 0.1) is 0 Å². The number of tetrazole rings is 1. The fourth-order valence-electron chi connectivity index (χ4n) is 3.66. The second-order valence-corrected chi connectivity index (χ2v) is 6.98. The van der Waals surface area contributed by atoms with Crippen LogP contribution in [0.4, 0.5) is 0 Å². The van der Waals surface area contributed by atoms with E-state index in [1.807, 2.05) is 25.1 Å². The van der Waals surface area contributed by atoms with Gasteiger partial charge >= 0.3 is 0 Å². The van der Waals surface area contributed by atoms with Crippen molar-refractivity contribution in [1.29, 1.82) is 0 Å². The first kappa shape index (κ1) is 16.0. The molecule has 1 aromatic heterocycles. The van der Waals surface area contributed by atoms with Gasteiger partial charge in [-0.25, -0.2) is 0 Å². The molecular weight excluding hydrogens is 320 g/mol. The number of hydrogen-bond acceptors (Lipinski definition) is 6. The number of rotatable bonds is 3. The lowest BCUT2D eigenvalue weighted by molar-refractivity contribution is -0.130. The summed E-state index contributed by atoms with van der Waals surface area (Å²) in [6.07, 6.45) is 1.56. The van der Waals surface area contributed by atoms with Crippen LogP contribution in [0.25, 0.3) is 0 Å². The van der Waals surface area contributed by atoms with E-state index >= 15 is 0 Å². The Labute approximate surface area is 145 Å². The minimum Gasteiger partial charge on any atom is -0.480 e. The standard InChI is InChI=1S/C17H22N6O2/c1-11-4-3-5-12-10-13(25-14(11)12)15(24)18-17(16-19-21-22-20-16)6-8-23(2)9-7-17/h3-5,13H,6-10H2,1-2H3,(H,18,24)(H,19,20,21,22). The summed E-state index contributed by atoms with van der Waals surface area (Å²) in [6, 6.07) is 6.01. The molecule has 8 heteroatoms. The number of benzene rings is 1. The van der Waals surface area contributed by atoms with Crippen LogP contribution in [0.2, 0.25) is 0 Å². The van der Waals surface area contributed by atoms with Crippen molar-refractivity contribution in [2.45, 2.75) is 37.8 Å². The summed E-state index contributed by atoms with van der Waals surface area (Å²) < 4.78 is 5.94. The summed E-state index contributed by atoms with van der Waals surface area (Å²) in [4.78, 5) is 15.2. The first-order chi connectivity index (χ1) is 12.1. The highest BCUT2D eigenvalue weighted by atomic mass is 16.5. The fraction of sp³-hybridized carbons (Fsp3) is 0.529. The lowest BCUT2D eigenvalue weighted by Crippen LogP contribution is -2.55. The van der Waals surface area contributed by atoms with Crippen LogP contribution in [0, 0.1) is 6.92 Å². The average molecular weight is 342 g/mol. The Balaban J connectivity index is 1.53. The van der Waals surface area contributed by atoms with E-state index in [4.69, 9.17) is 4.74 Å². The number of nitrogens with zero attached hydrogens (tertiary/aromatic N) is 4. The number of ether oxygens (including phenoxy) is 1. The first-order valence-corrected chi connectivity index (χ1v) is 8.57. The Hall–Kier alpha value is -2.48. The van der Waals surface area contributed by atoms with Gasteiger partial charge in [-0.2, -0.15) is 5.21 Å². The maximum atomic E-state index is 12.9. The molecule has 2 aliphatic rings. The molecule has 1 atom stereocenters. The number of carbonyl (C=O) groups excluding carboxylic acids is 1. The Morgan fingerprint density at radius 2 is 2.20 bits per heavy atom.